The van der Waals surface area contributed by atoms with E-state index in [2.05, 4.69) is 27.6 Å². The Morgan fingerprint density at radius 1 is 1.32 bits per heavy atom. The molecule has 0 atom stereocenters. The lowest BCUT2D eigenvalue weighted by atomic mass is 9.81. The molecule has 5 nitrogen and oxygen atoms in total. The van der Waals surface area contributed by atoms with Gasteiger partial charge in [0.2, 0.25) is 5.91 Å². The Morgan fingerprint density at radius 2 is 2.05 bits per heavy atom. The lowest BCUT2D eigenvalue weighted by Crippen LogP contribution is -2.29. The molecule has 1 aliphatic rings. The predicted octanol–water partition coefficient (Wildman–Crippen LogP) is 3.01. The van der Waals surface area contributed by atoms with Crippen LogP contribution in [0.5, 0.6) is 0 Å². The van der Waals surface area contributed by atoms with Crippen molar-refractivity contribution >= 4 is 33.3 Å². The minimum absolute atomic E-state index is 0.0726. The molecule has 0 unspecified atom stereocenters. The zero-order valence-corrected chi connectivity index (χ0v) is 13.9. The van der Waals surface area contributed by atoms with Crippen molar-refractivity contribution in [3.8, 4) is 0 Å². The number of aryl methyl sites for hydroxylation is 2. The summed E-state index contributed by atoms with van der Waals surface area (Å²) in [6.07, 6.45) is 3.93. The maximum absolute atomic E-state index is 11.2. The maximum atomic E-state index is 11.2. The molecule has 2 aromatic rings. The molecule has 3 rings (SSSR count). The number of nitrogens with one attached hydrogen (secondary N) is 1. The minimum Gasteiger partial charge on any atom is -0.369 e. The summed E-state index contributed by atoms with van der Waals surface area (Å²) in [5, 5.41) is 6.78. The van der Waals surface area contributed by atoms with Gasteiger partial charge in [0.1, 0.15) is 16.5 Å². The van der Waals surface area contributed by atoms with E-state index in [0.717, 1.165) is 54.1 Å². The highest BCUT2D eigenvalue weighted by Crippen LogP contribution is 2.31. The highest BCUT2D eigenvalue weighted by Gasteiger charge is 2.24. The zero-order valence-electron chi connectivity index (χ0n) is 13.1. The Balaban J connectivity index is 1.67. The van der Waals surface area contributed by atoms with Gasteiger partial charge < -0.3 is 11.1 Å². The van der Waals surface area contributed by atoms with Crippen LogP contribution in [-0.4, -0.2) is 22.4 Å². The van der Waals surface area contributed by atoms with Gasteiger partial charge in [0, 0.05) is 12.5 Å². The molecule has 1 fully saturated rings. The first-order valence-electron chi connectivity index (χ1n) is 7.80. The summed E-state index contributed by atoms with van der Waals surface area (Å²) in [6, 6.07) is 0. The zero-order chi connectivity index (χ0) is 15.7. The summed E-state index contributed by atoms with van der Waals surface area (Å²) < 4.78 is 0. The fourth-order valence-electron chi connectivity index (χ4n) is 3.21. The van der Waals surface area contributed by atoms with Crippen LogP contribution in [0.2, 0.25) is 0 Å². The van der Waals surface area contributed by atoms with Gasteiger partial charge in [0.15, 0.2) is 0 Å². The Labute approximate surface area is 134 Å². The monoisotopic (exact) mass is 318 g/mol. The quantitative estimate of drug-likeness (QED) is 0.908. The van der Waals surface area contributed by atoms with Crippen molar-refractivity contribution in [2.45, 2.75) is 39.5 Å². The van der Waals surface area contributed by atoms with Crippen molar-refractivity contribution in [1.82, 2.24) is 9.97 Å². The second kappa shape index (κ2) is 6.20. The lowest BCUT2D eigenvalue weighted by molar-refractivity contribution is -0.122. The molecule has 0 saturated heterocycles. The summed E-state index contributed by atoms with van der Waals surface area (Å²) >= 11 is 1.66. The molecule has 1 saturated carbocycles. The molecule has 1 aliphatic carbocycles. The first-order chi connectivity index (χ1) is 10.5. The number of hydrogen-bond donors (Lipinski definition) is 2. The molecule has 22 heavy (non-hydrogen) atoms. The van der Waals surface area contributed by atoms with Gasteiger partial charge in [-0.1, -0.05) is 0 Å². The van der Waals surface area contributed by atoms with Crippen molar-refractivity contribution < 1.29 is 4.79 Å². The second-order valence-corrected chi connectivity index (χ2v) is 7.08. The highest BCUT2D eigenvalue weighted by atomic mass is 32.1. The van der Waals surface area contributed by atoms with Crippen molar-refractivity contribution in [3.63, 3.8) is 0 Å². The van der Waals surface area contributed by atoms with Gasteiger partial charge in [-0.3, -0.25) is 4.79 Å². The van der Waals surface area contributed by atoms with Gasteiger partial charge >= 0.3 is 0 Å². The van der Waals surface area contributed by atoms with Crippen molar-refractivity contribution in [2.24, 2.45) is 17.6 Å². The molecular weight excluding hydrogens is 296 g/mol. The third-order valence-electron chi connectivity index (χ3n) is 4.54. The molecule has 0 bridgehead atoms. The summed E-state index contributed by atoms with van der Waals surface area (Å²) in [4.78, 5) is 21.3. The number of nitrogens with zero attached hydrogens (tertiary/aromatic N) is 2. The van der Waals surface area contributed by atoms with Crippen LogP contribution >= 0.6 is 11.3 Å². The average molecular weight is 318 g/mol. The van der Waals surface area contributed by atoms with Crippen LogP contribution < -0.4 is 11.1 Å². The highest BCUT2D eigenvalue weighted by molar-refractivity contribution is 7.17. The molecule has 1 amide bonds. The van der Waals surface area contributed by atoms with Crippen LogP contribution in [0.25, 0.3) is 10.2 Å². The first-order valence-corrected chi connectivity index (χ1v) is 8.68. The fourth-order valence-corrected chi connectivity index (χ4v) is 4.18. The van der Waals surface area contributed by atoms with E-state index in [1.165, 1.54) is 5.56 Å². The van der Waals surface area contributed by atoms with E-state index in [9.17, 15) is 4.79 Å². The summed E-state index contributed by atoms with van der Waals surface area (Å²) in [7, 11) is 0. The van der Waals surface area contributed by atoms with Gasteiger partial charge in [-0.2, -0.15) is 0 Å². The number of carbonyl (C=O) groups excluding carboxylic acids is 1. The van der Waals surface area contributed by atoms with E-state index < -0.39 is 0 Å². The van der Waals surface area contributed by atoms with Crippen molar-refractivity contribution in [3.05, 3.63) is 16.8 Å². The van der Waals surface area contributed by atoms with E-state index in [0.29, 0.717) is 5.92 Å². The van der Waals surface area contributed by atoms with Gasteiger partial charge in [-0.05, 0) is 56.4 Å². The summed E-state index contributed by atoms with van der Waals surface area (Å²) in [5.41, 5.74) is 6.61. The van der Waals surface area contributed by atoms with Gasteiger partial charge in [-0.15, -0.1) is 11.3 Å². The molecule has 118 valence electrons. The number of anilines is 1. The van der Waals surface area contributed by atoms with Crippen LogP contribution in [0.15, 0.2) is 5.38 Å². The lowest BCUT2D eigenvalue weighted by Gasteiger charge is -2.27. The summed E-state index contributed by atoms with van der Waals surface area (Å²) in [5.74, 6) is 2.25. The number of aromatic nitrogens is 2. The second-order valence-electron chi connectivity index (χ2n) is 6.22. The van der Waals surface area contributed by atoms with E-state index in [-0.39, 0.29) is 11.8 Å². The number of rotatable bonds is 4. The van der Waals surface area contributed by atoms with Crippen LogP contribution in [-0.2, 0) is 4.79 Å². The average Bonchev–Trinajstić information content (AvgIpc) is 2.86. The van der Waals surface area contributed by atoms with E-state index >= 15 is 0 Å². The van der Waals surface area contributed by atoms with Crippen LogP contribution in [0.4, 0.5) is 5.82 Å². The molecule has 6 heteroatoms. The van der Waals surface area contributed by atoms with Crippen LogP contribution in [0.1, 0.15) is 37.1 Å². The van der Waals surface area contributed by atoms with E-state index in [1.807, 2.05) is 6.92 Å². The SMILES string of the molecule is Cc1nc(NCC2CCC(C(N)=O)CC2)c2c(C)csc2n1. The van der Waals surface area contributed by atoms with Crippen LogP contribution in [0.3, 0.4) is 0 Å². The summed E-state index contributed by atoms with van der Waals surface area (Å²) in [6.45, 7) is 4.92. The van der Waals surface area contributed by atoms with E-state index in [4.69, 9.17) is 5.73 Å². The van der Waals surface area contributed by atoms with E-state index in [1.54, 1.807) is 11.3 Å². The predicted molar refractivity (Wildman–Crippen MR) is 90.0 cm³/mol. The third kappa shape index (κ3) is 3.06. The Kier molecular flexibility index (Phi) is 4.29. The maximum Gasteiger partial charge on any atom is 0.220 e. The number of hydrogen-bond acceptors (Lipinski definition) is 5. The van der Waals surface area contributed by atoms with Crippen LogP contribution in [0, 0.1) is 25.7 Å². The number of amides is 1. The Bertz CT molecular complexity index is 689. The third-order valence-corrected chi connectivity index (χ3v) is 5.53. The number of carbonyl (C=O) groups is 1. The number of primary amides is 1. The molecule has 0 spiro atoms. The number of nitrogens with two attached hydrogens (primary N) is 1. The Morgan fingerprint density at radius 3 is 2.73 bits per heavy atom. The number of fused-ring (bicyclic) bond motifs is 1. The standard InChI is InChI=1S/C16H22N4OS/c1-9-8-22-16-13(9)15(19-10(2)20-16)18-7-11-3-5-12(6-4-11)14(17)21/h8,11-12H,3-7H2,1-2H3,(H2,17,21)(H,18,19,20). The minimum atomic E-state index is -0.145. The largest absolute Gasteiger partial charge is 0.369 e. The molecule has 0 radical (unpaired) electrons. The topological polar surface area (TPSA) is 80.9 Å². The van der Waals surface area contributed by atoms with Gasteiger partial charge in [0.05, 0.1) is 5.39 Å². The normalized spacial score (nSPS) is 21.9. The molecule has 0 aromatic carbocycles. The van der Waals surface area contributed by atoms with Crippen molar-refractivity contribution in [1.29, 1.82) is 0 Å². The fraction of sp³-hybridized carbons (Fsp3) is 0.562. The molecule has 3 N–H and O–H groups in total. The van der Waals surface area contributed by atoms with Crippen molar-refractivity contribution in [2.75, 3.05) is 11.9 Å². The molecular formula is C16H22N4OS. The molecule has 0 aliphatic heterocycles. The smallest absolute Gasteiger partial charge is 0.220 e. The van der Waals surface area contributed by atoms with Gasteiger partial charge in [0.25, 0.3) is 0 Å². The molecule has 2 aromatic heterocycles. The van der Waals surface area contributed by atoms with Gasteiger partial charge in [-0.25, -0.2) is 9.97 Å². The first kappa shape index (κ1) is 15.2. The number of thiophene rings is 1. The molecule has 2 heterocycles. The Hall–Kier alpha value is -1.69.